The number of carbonyl (C=O) groups excluding carboxylic acids is 1. The molecule has 8 nitrogen and oxygen atoms in total. The van der Waals surface area contributed by atoms with Crippen LogP contribution in [0, 0.1) is 18.3 Å². The topological polar surface area (TPSA) is 98.3 Å². The van der Waals surface area contributed by atoms with Gasteiger partial charge in [-0.1, -0.05) is 6.07 Å². The summed E-state index contributed by atoms with van der Waals surface area (Å²) in [6.45, 7) is 6.45. The number of pyridine rings is 1. The van der Waals surface area contributed by atoms with E-state index < -0.39 is 0 Å². The first-order valence-electron chi connectivity index (χ1n) is 11.3. The largest absolute Gasteiger partial charge is 0.493 e. The Morgan fingerprint density at radius 1 is 1.15 bits per heavy atom. The monoisotopic (exact) mass is 442 g/mol. The molecule has 8 heteroatoms. The molecule has 3 heterocycles. The second-order valence-electron chi connectivity index (χ2n) is 8.91. The fraction of sp³-hybridized carbons (Fsp3) is 0.360. The van der Waals surface area contributed by atoms with E-state index in [1.807, 2.05) is 11.8 Å². The summed E-state index contributed by atoms with van der Waals surface area (Å²) in [6, 6.07) is 11.9. The highest BCUT2D eigenvalue weighted by molar-refractivity contribution is 5.94. The van der Waals surface area contributed by atoms with Crippen LogP contribution in [-0.2, 0) is 0 Å². The molecule has 33 heavy (non-hydrogen) atoms. The Balaban J connectivity index is 1.33. The minimum Gasteiger partial charge on any atom is -0.493 e. The van der Waals surface area contributed by atoms with E-state index in [0.29, 0.717) is 34.6 Å². The molecule has 0 unspecified atom stereocenters. The number of aryl methyl sites for hydroxylation is 1. The van der Waals surface area contributed by atoms with Crippen LogP contribution in [-0.4, -0.2) is 67.3 Å². The number of rotatable bonds is 4. The third-order valence-corrected chi connectivity index (χ3v) is 6.58. The molecule has 2 aromatic heterocycles. The molecular formula is C25H26N6O2. The van der Waals surface area contributed by atoms with Gasteiger partial charge in [0.15, 0.2) is 5.82 Å². The summed E-state index contributed by atoms with van der Waals surface area (Å²) >= 11 is 0. The lowest BCUT2D eigenvalue weighted by atomic mass is 10.0. The van der Waals surface area contributed by atoms with Gasteiger partial charge in [0.05, 0.1) is 29.0 Å². The van der Waals surface area contributed by atoms with E-state index in [9.17, 15) is 9.90 Å². The number of nitrogens with zero attached hydrogens (tertiary/aromatic N) is 6. The van der Waals surface area contributed by atoms with Crippen LogP contribution >= 0.6 is 0 Å². The number of nitriles is 1. The van der Waals surface area contributed by atoms with Crippen LogP contribution in [0.1, 0.15) is 41.3 Å². The highest BCUT2D eigenvalue weighted by Crippen LogP contribution is 2.33. The van der Waals surface area contributed by atoms with Crippen molar-refractivity contribution in [1.29, 1.82) is 5.26 Å². The van der Waals surface area contributed by atoms with Gasteiger partial charge in [0, 0.05) is 37.9 Å². The second-order valence-corrected chi connectivity index (χ2v) is 8.91. The number of piperazine rings is 1. The normalized spacial score (nSPS) is 18.8. The quantitative estimate of drug-likeness (QED) is 0.667. The summed E-state index contributed by atoms with van der Waals surface area (Å²) in [5.41, 5.74) is 3.31. The molecule has 1 aliphatic heterocycles. The number of hydrogen-bond acceptors (Lipinski definition) is 6. The van der Waals surface area contributed by atoms with Gasteiger partial charge in [-0.3, -0.25) is 9.69 Å². The van der Waals surface area contributed by atoms with Crippen molar-refractivity contribution in [2.24, 2.45) is 0 Å². The van der Waals surface area contributed by atoms with E-state index >= 15 is 0 Å². The van der Waals surface area contributed by atoms with Gasteiger partial charge < -0.3 is 10.0 Å². The van der Waals surface area contributed by atoms with Crippen LogP contribution in [0.5, 0.6) is 5.88 Å². The van der Waals surface area contributed by atoms with Crippen LogP contribution in [0.25, 0.3) is 16.9 Å². The molecule has 1 saturated carbocycles. The maximum atomic E-state index is 13.0. The molecule has 0 radical (unpaired) electrons. The van der Waals surface area contributed by atoms with E-state index in [4.69, 9.17) is 5.26 Å². The number of hydrogen-bond donors (Lipinski definition) is 1. The first-order valence-corrected chi connectivity index (χ1v) is 11.3. The SMILES string of the molecule is Cc1cc(C#N)ccc1-c1cnn(-c2ccc(C(=O)N3CCN(C4CC4)[C@@H](C)C3)cn2)c1O. The lowest BCUT2D eigenvalue weighted by molar-refractivity contribution is 0.0493. The average Bonchev–Trinajstić information content (AvgIpc) is 3.60. The van der Waals surface area contributed by atoms with Crippen LogP contribution in [0.15, 0.2) is 42.7 Å². The van der Waals surface area contributed by atoms with E-state index in [0.717, 1.165) is 30.8 Å². The molecule has 1 N–H and O–H groups in total. The van der Waals surface area contributed by atoms with Gasteiger partial charge >= 0.3 is 0 Å². The second kappa shape index (κ2) is 8.34. The Morgan fingerprint density at radius 2 is 1.97 bits per heavy atom. The Labute approximate surface area is 192 Å². The number of aromatic hydroxyl groups is 1. The zero-order valence-electron chi connectivity index (χ0n) is 18.8. The standard InChI is InChI=1S/C25H26N6O2/c1-16-11-18(12-26)3-7-21(16)22-14-28-31(25(22)33)23-8-4-19(13-27-23)24(32)29-9-10-30(17(2)15-29)20-5-6-20/h3-4,7-8,11,13-14,17,20,33H,5-6,9-10,15H2,1-2H3/t17-/m0/s1. The predicted molar refractivity (Wildman–Crippen MR) is 123 cm³/mol. The van der Waals surface area contributed by atoms with Crippen LogP contribution in [0.2, 0.25) is 0 Å². The zero-order valence-corrected chi connectivity index (χ0v) is 18.8. The highest BCUT2D eigenvalue weighted by atomic mass is 16.3. The number of benzene rings is 1. The summed E-state index contributed by atoms with van der Waals surface area (Å²) in [5, 5.41) is 24.1. The van der Waals surface area contributed by atoms with Crippen molar-refractivity contribution in [2.75, 3.05) is 19.6 Å². The summed E-state index contributed by atoms with van der Waals surface area (Å²) in [7, 11) is 0. The summed E-state index contributed by atoms with van der Waals surface area (Å²) < 4.78 is 1.34. The van der Waals surface area contributed by atoms with Crippen molar-refractivity contribution in [2.45, 2.75) is 38.8 Å². The zero-order chi connectivity index (χ0) is 23.1. The van der Waals surface area contributed by atoms with Crippen LogP contribution < -0.4 is 0 Å². The van der Waals surface area contributed by atoms with E-state index in [1.54, 1.807) is 42.7 Å². The number of aromatic nitrogens is 3. The molecule has 1 saturated heterocycles. The van der Waals surface area contributed by atoms with Crippen LogP contribution in [0.4, 0.5) is 0 Å². The van der Waals surface area contributed by atoms with Crippen molar-refractivity contribution in [3.05, 3.63) is 59.4 Å². The summed E-state index contributed by atoms with van der Waals surface area (Å²) in [6.07, 6.45) is 5.67. The fourth-order valence-corrected chi connectivity index (χ4v) is 4.66. The minimum absolute atomic E-state index is 0.0186. The molecule has 0 bridgehead atoms. The molecule has 5 rings (SSSR count). The van der Waals surface area contributed by atoms with Gasteiger partial charge in [-0.2, -0.15) is 15.0 Å². The van der Waals surface area contributed by atoms with Gasteiger partial charge in [-0.25, -0.2) is 4.98 Å². The molecule has 1 aromatic carbocycles. The van der Waals surface area contributed by atoms with Crippen LogP contribution in [0.3, 0.4) is 0 Å². The first kappa shape index (κ1) is 21.2. The fourth-order valence-electron chi connectivity index (χ4n) is 4.66. The molecular weight excluding hydrogens is 416 g/mol. The van der Waals surface area contributed by atoms with Crippen molar-refractivity contribution in [1.82, 2.24) is 24.6 Å². The maximum absolute atomic E-state index is 13.0. The van der Waals surface area contributed by atoms with Crippen molar-refractivity contribution in [3.63, 3.8) is 0 Å². The molecule has 1 amide bonds. The highest BCUT2D eigenvalue weighted by Gasteiger charge is 2.36. The molecule has 168 valence electrons. The minimum atomic E-state index is -0.0422. The van der Waals surface area contributed by atoms with Gasteiger partial charge in [-0.05, 0) is 62.1 Å². The number of amides is 1. The lowest BCUT2D eigenvalue weighted by Gasteiger charge is -2.40. The van der Waals surface area contributed by atoms with Gasteiger partial charge in [-0.15, -0.1) is 0 Å². The Kier molecular flexibility index (Phi) is 5.35. The average molecular weight is 443 g/mol. The predicted octanol–water partition coefficient (Wildman–Crippen LogP) is 3.13. The number of carbonyl (C=O) groups is 1. The van der Waals surface area contributed by atoms with Crippen molar-refractivity contribution in [3.8, 4) is 28.9 Å². The third kappa shape index (κ3) is 3.96. The van der Waals surface area contributed by atoms with E-state index in [1.165, 1.54) is 17.5 Å². The Morgan fingerprint density at radius 3 is 2.61 bits per heavy atom. The molecule has 3 aromatic rings. The molecule has 2 aliphatic rings. The molecule has 1 aliphatic carbocycles. The van der Waals surface area contributed by atoms with Crippen molar-refractivity contribution >= 4 is 5.91 Å². The molecule has 2 fully saturated rings. The maximum Gasteiger partial charge on any atom is 0.255 e. The van der Waals surface area contributed by atoms with Gasteiger partial charge in [0.25, 0.3) is 5.91 Å². The smallest absolute Gasteiger partial charge is 0.255 e. The molecule has 1 atom stereocenters. The molecule has 0 spiro atoms. The van der Waals surface area contributed by atoms with Gasteiger partial charge in [0.1, 0.15) is 0 Å². The van der Waals surface area contributed by atoms with E-state index in [-0.39, 0.29) is 11.8 Å². The van der Waals surface area contributed by atoms with Crippen molar-refractivity contribution < 1.29 is 9.90 Å². The Hall–Kier alpha value is -3.70. The lowest BCUT2D eigenvalue weighted by Crippen LogP contribution is -2.54. The van der Waals surface area contributed by atoms with E-state index in [2.05, 4.69) is 28.0 Å². The van der Waals surface area contributed by atoms with Gasteiger partial charge in [0.2, 0.25) is 5.88 Å². The summed E-state index contributed by atoms with van der Waals surface area (Å²) in [4.78, 5) is 21.8. The first-order chi connectivity index (χ1) is 16.0. The summed E-state index contributed by atoms with van der Waals surface area (Å²) in [5.74, 6) is 0.364. The third-order valence-electron chi connectivity index (χ3n) is 6.58. The Bertz CT molecular complexity index is 1240.